The number of aliphatic carboxylic acids is 1. The van der Waals surface area contributed by atoms with Gasteiger partial charge < -0.3 is 20.5 Å². The average Bonchev–Trinajstić information content (AvgIpc) is 3.37. The second-order valence-electron chi connectivity index (χ2n) is 8.40. The van der Waals surface area contributed by atoms with Crippen LogP contribution in [0, 0.1) is 0 Å². The molecule has 4 N–H and O–H groups in total. The Bertz CT molecular complexity index is 1030. The first kappa shape index (κ1) is 23.6. The van der Waals surface area contributed by atoms with Crippen LogP contribution in [0.1, 0.15) is 38.6 Å². The Morgan fingerprint density at radius 3 is 2.64 bits per heavy atom. The zero-order valence-electron chi connectivity index (χ0n) is 18.4. The lowest BCUT2D eigenvalue weighted by atomic mass is 10.1. The van der Waals surface area contributed by atoms with Gasteiger partial charge in [0.2, 0.25) is 5.91 Å². The molecule has 176 valence electrons. The molecule has 13 heteroatoms. The number of hydrogen-bond acceptors (Lipinski definition) is 8. The van der Waals surface area contributed by atoms with Crippen LogP contribution in [-0.2, 0) is 32.1 Å². The predicted octanol–water partition coefficient (Wildman–Crippen LogP) is 0.142. The van der Waals surface area contributed by atoms with Gasteiger partial charge >= 0.3 is 12.1 Å². The zero-order chi connectivity index (χ0) is 24.2. The van der Waals surface area contributed by atoms with E-state index in [1.54, 1.807) is 45.0 Å². The SMILES string of the molecule is CC(C)(C)OC(=O)NC(CC(=O)O)C(=O)N1c2ccccc2C[C@H]1C(=O)NCc1nn[nH]n1. The number of para-hydroxylation sites is 1. The number of rotatable bonds is 7. The molecule has 0 saturated carbocycles. The number of anilines is 1. The number of aromatic amines is 1. The van der Waals surface area contributed by atoms with Crippen LogP contribution < -0.4 is 15.5 Å². The molecule has 3 rings (SSSR count). The number of carbonyl (C=O) groups excluding carboxylic acids is 3. The van der Waals surface area contributed by atoms with Gasteiger partial charge in [-0.3, -0.25) is 19.3 Å². The number of H-pyrrole nitrogens is 1. The van der Waals surface area contributed by atoms with Crippen LogP contribution in [0.3, 0.4) is 0 Å². The van der Waals surface area contributed by atoms with Crippen molar-refractivity contribution in [1.29, 1.82) is 0 Å². The van der Waals surface area contributed by atoms with E-state index < -0.39 is 48.0 Å². The minimum absolute atomic E-state index is 0.0150. The molecule has 2 aromatic rings. The Hall–Kier alpha value is -4.03. The molecule has 2 atom stereocenters. The summed E-state index contributed by atoms with van der Waals surface area (Å²) in [5.74, 6) is -2.27. The molecule has 0 aliphatic carbocycles. The number of nitrogens with zero attached hydrogens (tertiary/aromatic N) is 4. The molecule has 13 nitrogen and oxygen atoms in total. The van der Waals surface area contributed by atoms with E-state index in [1.807, 2.05) is 0 Å². The number of carboxylic acids is 1. The molecule has 1 unspecified atom stereocenters. The highest BCUT2D eigenvalue weighted by atomic mass is 16.6. The fraction of sp³-hybridized carbons (Fsp3) is 0.450. The molecular formula is C20H25N7O6. The molecule has 1 aliphatic rings. The molecule has 0 spiro atoms. The van der Waals surface area contributed by atoms with E-state index in [0.29, 0.717) is 5.69 Å². The van der Waals surface area contributed by atoms with Crippen LogP contribution >= 0.6 is 0 Å². The summed E-state index contributed by atoms with van der Waals surface area (Å²) in [6, 6.07) is 4.50. The number of fused-ring (bicyclic) bond motifs is 1. The van der Waals surface area contributed by atoms with E-state index in [4.69, 9.17) is 4.74 Å². The maximum atomic E-state index is 13.5. The highest BCUT2D eigenvalue weighted by molar-refractivity contribution is 6.07. The number of ether oxygens (including phenoxy) is 1. The molecule has 1 aliphatic heterocycles. The van der Waals surface area contributed by atoms with Crippen LogP contribution in [0.5, 0.6) is 0 Å². The fourth-order valence-electron chi connectivity index (χ4n) is 3.40. The molecular weight excluding hydrogens is 434 g/mol. The van der Waals surface area contributed by atoms with Crippen molar-refractivity contribution < 1.29 is 29.0 Å². The van der Waals surface area contributed by atoms with Gasteiger partial charge in [-0.2, -0.15) is 5.21 Å². The number of hydrogen-bond donors (Lipinski definition) is 4. The lowest BCUT2D eigenvalue weighted by Crippen LogP contribution is -2.55. The van der Waals surface area contributed by atoms with E-state index in [0.717, 1.165) is 5.56 Å². The summed E-state index contributed by atoms with van der Waals surface area (Å²) >= 11 is 0. The minimum Gasteiger partial charge on any atom is -0.481 e. The van der Waals surface area contributed by atoms with E-state index in [9.17, 15) is 24.3 Å². The Morgan fingerprint density at radius 1 is 1.27 bits per heavy atom. The number of aromatic nitrogens is 4. The Morgan fingerprint density at radius 2 is 2.00 bits per heavy atom. The molecule has 3 amide bonds. The van der Waals surface area contributed by atoms with Crippen molar-refractivity contribution in [2.45, 2.75) is 57.8 Å². The van der Waals surface area contributed by atoms with Crippen LogP contribution in [0.4, 0.5) is 10.5 Å². The molecule has 0 bridgehead atoms. The van der Waals surface area contributed by atoms with E-state index >= 15 is 0 Å². The monoisotopic (exact) mass is 459 g/mol. The molecule has 0 radical (unpaired) electrons. The maximum Gasteiger partial charge on any atom is 0.408 e. The highest BCUT2D eigenvalue weighted by Gasteiger charge is 2.42. The van der Waals surface area contributed by atoms with E-state index in [-0.39, 0.29) is 18.8 Å². The molecule has 0 fully saturated rings. The maximum absolute atomic E-state index is 13.5. The molecule has 2 heterocycles. The summed E-state index contributed by atoms with van der Waals surface area (Å²) in [5.41, 5.74) is 0.346. The van der Waals surface area contributed by atoms with Gasteiger partial charge in [0.1, 0.15) is 17.7 Å². The van der Waals surface area contributed by atoms with Crippen molar-refractivity contribution >= 4 is 29.6 Å². The summed E-state index contributed by atoms with van der Waals surface area (Å²) in [5, 5.41) is 27.5. The first-order valence-electron chi connectivity index (χ1n) is 10.2. The summed E-state index contributed by atoms with van der Waals surface area (Å²) in [6.45, 7) is 4.91. The average molecular weight is 459 g/mol. The summed E-state index contributed by atoms with van der Waals surface area (Å²) in [6.07, 6.45) is -1.41. The van der Waals surface area contributed by atoms with Gasteiger partial charge in [-0.15, -0.1) is 10.2 Å². The van der Waals surface area contributed by atoms with E-state index in [2.05, 4.69) is 31.3 Å². The number of benzene rings is 1. The van der Waals surface area contributed by atoms with Gasteiger partial charge in [-0.05, 0) is 32.4 Å². The standard InChI is InChI=1S/C20H25N7O6/c1-20(2,3)33-19(32)22-12(9-16(28)29)18(31)27-13-7-5-4-6-11(13)8-14(27)17(30)21-10-15-23-25-26-24-15/h4-7,12,14H,8-10H2,1-3H3,(H,21,30)(H,22,32)(H,28,29)(H,23,24,25,26)/t12?,14-/m0/s1. The Kier molecular flexibility index (Phi) is 6.89. The van der Waals surface area contributed by atoms with Crippen molar-refractivity contribution in [2.75, 3.05) is 4.90 Å². The second-order valence-corrected chi connectivity index (χ2v) is 8.40. The topological polar surface area (TPSA) is 180 Å². The Balaban J connectivity index is 1.84. The molecule has 33 heavy (non-hydrogen) atoms. The second kappa shape index (κ2) is 9.63. The summed E-state index contributed by atoms with van der Waals surface area (Å²) < 4.78 is 5.17. The number of carboxylic acid groups (broad SMARTS) is 1. The first-order chi connectivity index (χ1) is 15.5. The van der Waals surface area contributed by atoms with Gasteiger partial charge in [-0.25, -0.2) is 4.79 Å². The predicted molar refractivity (Wildman–Crippen MR) is 113 cm³/mol. The third-order valence-corrected chi connectivity index (χ3v) is 4.69. The number of tetrazole rings is 1. The zero-order valence-corrected chi connectivity index (χ0v) is 18.4. The van der Waals surface area contributed by atoms with Crippen LogP contribution in [0.15, 0.2) is 24.3 Å². The number of alkyl carbamates (subject to hydrolysis) is 1. The van der Waals surface area contributed by atoms with Gasteiger partial charge in [0, 0.05) is 12.1 Å². The number of carbonyl (C=O) groups is 4. The quantitative estimate of drug-likeness (QED) is 0.448. The third kappa shape index (κ3) is 6.02. The van der Waals surface area contributed by atoms with Crippen LogP contribution in [0.25, 0.3) is 0 Å². The summed E-state index contributed by atoms with van der Waals surface area (Å²) in [4.78, 5) is 51.3. The van der Waals surface area contributed by atoms with Crippen LogP contribution in [-0.4, -0.2) is 67.3 Å². The van der Waals surface area contributed by atoms with E-state index in [1.165, 1.54) is 4.90 Å². The molecule has 1 aromatic heterocycles. The Labute approximate surface area is 188 Å². The van der Waals surface area contributed by atoms with Gasteiger partial charge in [0.05, 0.1) is 13.0 Å². The smallest absolute Gasteiger partial charge is 0.408 e. The first-order valence-corrected chi connectivity index (χ1v) is 10.2. The largest absolute Gasteiger partial charge is 0.481 e. The van der Waals surface area contributed by atoms with Crippen molar-refractivity contribution in [2.24, 2.45) is 0 Å². The van der Waals surface area contributed by atoms with Crippen molar-refractivity contribution in [3.05, 3.63) is 35.7 Å². The minimum atomic E-state index is -1.45. The lowest BCUT2D eigenvalue weighted by molar-refractivity contribution is -0.139. The van der Waals surface area contributed by atoms with Crippen molar-refractivity contribution in [1.82, 2.24) is 31.3 Å². The van der Waals surface area contributed by atoms with Gasteiger partial charge in [0.15, 0.2) is 5.82 Å². The highest BCUT2D eigenvalue weighted by Crippen LogP contribution is 2.33. The van der Waals surface area contributed by atoms with Gasteiger partial charge in [-0.1, -0.05) is 23.4 Å². The normalized spacial score (nSPS) is 16.0. The van der Waals surface area contributed by atoms with Crippen molar-refractivity contribution in [3.63, 3.8) is 0 Å². The van der Waals surface area contributed by atoms with Gasteiger partial charge in [0.25, 0.3) is 5.91 Å². The molecule has 1 aromatic carbocycles. The van der Waals surface area contributed by atoms with Crippen LogP contribution in [0.2, 0.25) is 0 Å². The lowest BCUT2D eigenvalue weighted by Gasteiger charge is -2.29. The number of amides is 3. The van der Waals surface area contributed by atoms with Crippen molar-refractivity contribution in [3.8, 4) is 0 Å². The fourth-order valence-corrected chi connectivity index (χ4v) is 3.40. The molecule has 0 saturated heterocycles. The number of nitrogens with one attached hydrogen (secondary N) is 3. The summed E-state index contributed by atoms with van der Waals surface area (Å²) in [7, 11) is 0. The third-order valence-electron chi connectivity index (χ3n) is 4.69.